The molecule has 0 aliphatic carbocycles. The van der Waals surface area contributed by atoms with Crippen LogP contribution in [0.1, 0.15) is 5.56 Å². The minimum atomic E-state index is -0.282. The average Bonchev–Trinajstić information content (AvgIpc) is 2.27. The largest absolute Gasteiger partial charge is 0.496 e. The highest BCUT2D eigenvalue weighted by Gasteiger charge is 2.02. The number of para-hydroxylation sites is 1. The summed E-state index contributed by atoms with van der Waals surface area (Å²) in [6, 6.07) is 7.24. The monoisotopic (exact) mass is 206 g/mol. The molecule has 4 nitrogen and oxygen atoms in total. The van der Waals surface area contributed by atoms with E-state index in [1.54, 1.807) is 7.11 Å². The fourth-order valence-electron chi connectivity index (χ4n) is 1.17. The minimum Gasteiger partial charge on any atom is -0.496 e. The van der Waals surface area contributed by atoms with Crippen LogP contribution in [0.5, 0.6) is 5.75 Å². The summed E-state index contributed by atoms with van der Waals surface area (Å²) in [6.07, 6.45) is 1.33. The van der Waals surface area contributed by atoms with Crippen LogP contribution in [0.15, 0.2) is 37.0 Å². The molecule has 15 heavy (non-hydrogen) atoms. The van der Waals surface area contributed by atoms with Gasteiger partial charge in [-0.15, -0.1) is 0 Å². The van der Waals surface area contributed by atoms with Crippen LogP contribution < -0.4 is 15.4 Å². The molecule has 0 aliphatic rings. The van der Waals surface area contributed by atoms with Crippen molar-refractivity contribution < 1.29 is 9.53 Å². The SMILES string of the molecule is C=CNC(=O)NCc1ccccc1OC. The quantitative estimate of drug-likeness (QED) is 0.786. The third-order valence-electron chi connectivity index (χ3n) is 1.87. The molecule has 0 fully saturated rings. The van der Waals surface area contributed by atoms with E-state index in [1.165, 1.54) is 6.20 Å². The molecule has 0 spiro atoms. The topological polar surface area (TPSA) is 50.4 Å². The van der Waals surface area contributed by atoms with Crippen molar-refractivity contribution >= 4 is 6.03 Å². The zero-order valence-corrected chi connectivity index (χ0v) is 8.62. The summed E-state index contributed by atoms with van der Waals surface area (Å²) in [5.74, 6) is 0.761. The molecule has 0 radical (unpaired) electrons. The summed E-state index contributed by atoms with van der Waals surface area (Å²) in [7, 11) is 1.60. The number of carbonyl (C=O) groups is 1. The van der Waals surface area contributed by atoms with Gasteiger partial charge >= 0.3 is 6.03 Å². The fraction of sp³-hybridized carbons (Fsp3) is 0.182. The second-order valence-electron chi connectivity index (χ2n) is 2.84. The Labute approximate surface area is 88.9 Å². The smallest absolute Gasteiger partial charge is 0.319 e. The lowest BCUT2D eigenvalue weighted by atomic mass is 10.2. The molecule has 0 bridgehead atoms. The number of amides is 2. The van der Waals surface area contributed by atoms with Crippen molar-refractivity contribution in [3.63, 3.8) is 0 Å². The minimum absolute atomic E-state index is 0.282. The molecule has 1 aromatic carbocycles. The number of methoxy groups -OCH3 is 1. The zero-order chi connectivity index (χ0) is 11.1. The van der Waals surface area contributed by atoms with Crippen LogP contribution in [0, 0.1) is 0 Å². The van der Waals surface area contributed by atoms with Crippen molar-refractivity contribution in [2.45, 2.75) is 6.54 Å². The molecular formula is C11H14N2O2. The maximum atomic E-state index is 11.1. The molecule has 0 unspecified atom stereocenters. The standard InChI is InChI=1S/C11H14N2O2/c1-3-12-11(14)13-8-9-6-4-5-7-10(9)15-2/h3-7H,1,8H2,2H3,(H2,12,13,14). The van der Waals surface area contributed by atoms with E-state index in [0.717, 1.165) is 11.3 Å². The van der Waals surface area contributed by atoms with Gasteiger partial charge in [-0.05, 0) is 12.3 Å². The third-order valence-corrected chi connectivity index (χ3v) is 1.87. The zero-order valence-electron chi connectivity index (χ0n) is 8.62. The average molecular weight is 206 g/mol. The number of hydrogen-bond donors (Lipinski definition) is 2. The second kappa shape index (κ2) is 5.70. The Morgan fingerprint density at radius 2 is 2.27 bits per heavy atom. The molecule has 0 heterocycles. The normalized spacial score (nSPS) is 9.13. The summed E-state index contributed by atoms with van der Waals surface area (Å²) in [6.45, 7) is 3.81. The molecule has 0 saturated carbocycles. The van der Waals surface area contributed by atoms with E-state index in [9.17, 15) is 4.79 Å². The second-order valence-corrected chi connectivity index (χ2v) is 2.84. The Balaban J connectivity index is 2.56. The van der Waals surface area contributed by atoms with Gasteiger partial charge in [0.1, 0.15) is 5.75 Å². The molecule has 80 valence electrons. The van der Waals surface area contributed by atoms with Crippen LogP contribution in [0.25, 0.3) is 0 Å². The van der Waals surface area contributed by atoms with Gasteiger partial charge in [-0.3, -0.25) is 0 Å². The molecule has 1 rings (SSSR count). The maximum absolute atomic E-state index is 11.1. The highest BCUT2D eigenvalue weighted by Crippen LogP contribution is 2.16. The number of urea groups is 1. The number of ether oxygens (including phenoxy) is 1. The molecule has 0 aromatic heterocycles. The van der Waals surface area contributed by atoms with Crippen molar-refractivity contribution in [1.82, 2.24) is 10.6 Å². The Morgan fingerprint density at radius 1 is 1.53 bits per heavy atom. The van der Waals surface area contributed by atoms with Crippen molar-refractivity contribution in [3.8, 4) is 5.75 Å². The van der Waals surface area contributed by atoms with Crippen LogP contribution in [0.4, 0.5) is 4.79 Å². The molecule has 4 heteroatoms. The molecule has 0 saturated heterocycles. The van der Waals surface area contributed by atoms with E-state index < -0.39 is 0 Å². The number of carbonyl (C=O) groups excluding carboxylic acids is 1. The van der Waals surface area contributed by atoms with Crippen molar-refractivity contribution in [1.29, 1.82) is 0 Å². The van der Waals surface area contributed by atoms with Crippen LogP contribution >= 0.6 is 0 Å². The Bertz CT molecular complexity index is 350. The van der Waals surface area contributed by atoms with Gasteiger partial charge in [0.05, 0.1) is 7.11 Å². The van der Waals surface area contributed by atoms with E-state index in [-0.39, 0.29) is 6.03 Å². The Kier molecular flexibility index (Phi) is 4.22. The summed E-state index contributed by atoms with van der Waals surface area (Å²) < 4.78 is 5.15. The maximum Gasteiger partial charge on any atom is 0.319 e. The molecule has 0 atom stereocenters. The van der Waals surface area contributed by atoms with E-state index in [0.29, 0.717) is 6.54 Å². The van der Waals surface area contributed by atoms with E-state index in [4.69, 9.17) is 4.74 Å². The van der Waals surface area contributed by atoms with E-state index in [1.807, 2.05) is 24.3 Å². The number of benzene rings is 1. The predicted octanol–water partition coefficient (Wildman–Crippen LogP) is 1.64. The summed E-state index contributed by atoms with van der Waals surface area (Å²) in [5.41, 5.74) is 0.930. The van der Waals surface area contributed by atoms with Gasteiger partial charge in [-0.1, -0.05) is 24.8 Å². The van der Waals surface area contributed by atoms with Crippen LogP contribution in [0.3, 0.4) is 0 Å². The van der Waals surface area contributed by atoms with Crippen LogP contribution in [0.2, 0.25) is 0 Å². The van der Waals surface area contributed by atoms with Gasteiger partial charge in [-0.25, -0.2) is 4.79 Å². The lowest BCUT2D eigenvalue weighted by Gasteiger charge is -2.08. The third kappa shape index (κ3) is 3.34. The van der Waals surface area contributed by atoms with E-state index in [2.05, 4.69) is 17.2 Å². The molecule has 2 N–H and O–H groups in total. The van der Waals surface area contributed by atoms with Gasteiger partial charge in [0, 0.05) is 12.1 Å². The lowest BCUT2D eigenvalue weighted by molar-refractivity contribution is 0.243. The Morgan fingerprint density at radius 3 is 2.93 bits per heavy atom. The number of nitrogens with one attached hydrogen (secondary N) is 2. The van der Waals surface area contributed by atoms with Crippen molar-refractivity contribution in [2.75, 3.05) is 7.11 Å². The van der Waals surface area contributed by atoms with Crippen LogP contribution in [-0.4, -0.2) is 13.1 Å². The summed E-state index contributed by atoms with van der Waals surface area (Å²) in [5, 5.41) is 5.10. The fourth-order valence-corrected chi connectivity index (χ4v) is 1.17. The highest BCUT2D eigenvalue weighted by atomic mass is 16.5. The lowest BCUT2D eigenvalue weighted by Crippen LogP contribution is -2.31. The highest BCUT2D eigenvalue weighted by molar-refractivity contribution is 5.74. The van der Waals surface area contributed by atoms with E-state index >= 15 is 0 Å². The first-order valence-corrected chi connectivity index (χ1v) is 4.55. The number of rotatable bonds is 4. The van der Waals surface area contributed by atoms with Crippen LogP contribution in [-0.2, 0) is 6.54 Å². The molecule has 0 aliphatic heterocycles. The van der Waals surface area contributed by atoms with Gasteiger partial charge in [0.25, 0.3) is 0 Å². The predicted molar refractivity (Wildman–Crippen MR) is 58.6 cm³/mol. The van der Waals surface area contributed by atoms with Crippen molar-refractivity contribution in [3.05, 3.63) is 42.6 Å². The van der Waals surface area contributed by atoms with Crippen molar-refractivity contribution in [2.24, 2.45) is 0 Å². The van der Waals surface area contributed by atoms with Gasteiger partial charge < -0.3 is 15.4 Å². The summed E-state index contributed by atoms with van der Waals surface area (Å²) in [4.78, 5) is 11.1. The Hall–Kier alpha value is -1.97. The first kappa shape index (κ1) is 11.1. The molecule has 1 aromatic rings. The molecular weight excluding hydrogens is 192 g/mol. The first-order chi connectivity index (χ1) is 7.27. The molecule has 2 amide bonds. The van der Waals surface area contributed by atoms with Gasteiger partial charge in [-0.2, -0.15) is 0 Å². The van der Waals surface area contributed by atoms with Gasteiger partial charge in [0.15, 0.2) is 0 Å². The number of hydrogen-bond acceptors (Lipinski definition) is 2. The summed E-state index contributed by atoms with van der Waals surface area (Å²) >= 11 is 0. The van der Waals surface area contributed by atoms with Gasteiger partial charge in [0.2, 0.25) is 0 Å². The first-order valence-electron chi connectivity index (χ1n) is 4.55.